The predicted molar refractivity (Wildman–Crippen MR) is 94.6 cm³/mol. The lowest BCUT2D eigenvalue weighted by atomic mass is 10.4. The molecule has 2 aromatic rings. The van der Waals surface area contributed by atoms with Crippen molar-refractivity contribution in [3.05, 3.63) is 73.3 Å². The van der Waals surface area contributed by atoms with Crippen molar-refractivity contribution in [2.45, 2.75) is 30.6 Å². The zero-order valence-electron chi connectivity index (χ0n) is 12.0. The van der Waals surface area contributed by atoms with Crippen LogP contribution in [0.25, 0.3) is 0 Å². The Morgan fingerprint density at radius 3 is 1.05 bits per heavy atom. The van der Waals surface area contributed by atoms with Crippen molar-refractivity contribution >= 4 is 25.3 Å². The molecule has 2 aromatic carbocycles. The van der Waals surface area contributed by atoms with E-state index in [1.54, 1.807) is 6.08 Å². The van der Waals surface area contributed by atoms with Gasteiger partial charge in [-0.05, 0) is 31.2 Å². The van der Waals surface area contributed by atoms with E-state index in [1.165, 1.54) is 0 Å². The van der Waals surface area contributed by atoms with Gasteiger partial charge >= 0.3 is 0 Å². The fraction of sp³-hybridized carbons (Fsp3) is 0.176. The third kappa shape index (κ3) is 16.9. The first-order valence-electron chi connectivity index (χ1n) is 6.25. The number of rotatable bonds is 0. The molecule has 0 aliphatic rings. The Balaban J connectivity index is 0. The number of allylic oxidation sites excluding steroid dienone is 1. The number of hydrogen-bond donors (Lipinski definition) is 2. The maximum absolute atomic E-state index is 4.08. The summed E-state index contributed by atoms with van der Waals surface area (Å²) in [4.78, 5) is 2.03. The molecule has 0 unspecified atom stereocenters. The topological polar surface area (TPSA) is 0 Å². The Morgan fingerprint density at radius 1 is 0.737 bits per heavy atom. The van der Waals surface area contributed by atoms with Crippen LogP contribution in [0.2, 0.25) is 0 Å². The van der Waals surface area contributed by atoms with Crippen molar-refractivity contribution in [1.29, 1.82) is 0 Å². The molecule has 0 bridgehead atoms. The van der Waals surface area contributed by atoms with Gasteiger partial charge in [0.15, 0.2) is 0 Å². The Kier molecular flexibility index (Phi) is 17.9. The van der Waals surface area contributed by atoms with E-state index in [9.17, 15) is 0 Å². The second-order valence-electron chi connectivity index (χ2n) is 3.08. The van der Waals surface area contributed by atoms with Gasteiger partial charge in [-0.3, -0.25) is 0 Å². The molecule has 0 saturated carbocycles. The van der Waals surface area contributed by atoms with E-state index in [-0.39, 0.29) is 0 Å². The Labute approximate surface area is 129 Å². The quantitative estimate of drug-likeness (QED) is 0.421. The van der Waals surface area contributed by atoms with Gasteiger partial charge in [-0.1, -0.05) is 56.3 Å². The summed E-state index contributed by atoms with van der Waals surface area (Å²) in [5, 5.41) is 0. The lowest BCUT2D eigenvalue weighted by Gasteiger charge is -1.81. The summed E-state index contributed by atoms with van der Waals surface area (Å²) in [6.45, 7) is 9.25. The van der Waals surface area contributed by atoms with Crippen LogP contribution in [0.1, 0.15) is 20.8 Å². The lowest BCUT2D eigenvalue weighted by Crippen LogP contribution is -1.56. The maximum Gasteiger partial charge on any atom is 0.00399 e. The van der Waals surface area contributed by atoms with Gasteiger partial charge in [0, 0.05) is 9.79 Å². The number of benzene rings is 2. The fourth-order valence-corrected chi connectivity index (χ4v) is 1.20. The minimum Gasteiger partial charge on any atom is -0.143 e. The normalized spacial score (nSPS) is 7.42. The lowest BCUT2D eigenvalue weighted by molar-refractivity contribution is 1.48. The summed E-state index contributed by atoms with van der Waals surface area (Å²) < 4.78 is 0. The molecule has 0 amide bonds. The molecule has 2 heteroatoms. The third-order valence-corrected chi connectivity index (χ3v) is 2.11. The molecule has 0 fully saturated rings. The van der Waals surface area contributed by atoms with Crippen LogP contribution in [0.4, 0.5) is 0 Å². The molecule has 0 radical (unpaired) electrons. The van der Waals surface area contributed by atoms with Gasteiger partial charge in [0.1, 0.15) is 0 Å². The highest BCUT2D eigenvalue weighted by Gasteiger charge is 1.73. The van der Waals surface area contributed by atoms with E-state index in [2.05, 4.69) is 31.8 Å². The molecular formula is C17H24S2. The summed E-state index contributed by atoms with van der Waals surface area (Å²) in [6.07, 6.45) is 1.75. The SMILES string of the molecule is C=CC.CC.Sc1ccccc1.Sc1ccccc1. The summed E-state index contributed by atoms with van der Waals surface area (Å²) in [5.74, 6) is 0. The Hall–Kier alpha value is -1.12. The van der Waals surface area contributed by atoms with Crippen LogP contribution in [0, 0.1) is 0 Å². The van der Waals surface area contributed by atoms with Crippen LogP contribution in [0.5, 0.6) is 0 Å². The average molecular weight is 293 g/mol. The zero-order valence-corrected chi connectivity index (χ0v) is 13.7. The largest absolute Gasteiger partial charge is 0.143 e. The molecule has 0 aromatic heterocycles. The highest BCUT2D eigenvalue weighted by molar-refractivity contribution is 7.80. The Bertz CT molecular complexity index is 345. The maximum atomic E-state index is 4.08. The van der Waals surface area contributed by atoms with E-state index >= 15 is 0 Å². The van der Waals surface area contributed by atoms with E-state index < -0.39 is 0 Å². The standard InChI is InChI=1S/2C6H6S.C3H6.C2H6/c2*7-6-4-2-1-3-5-6;1-3-2;1-2/h2*1-5,7H;3H,1H2,2H3;1-2H3. The average Bonchev–Trinajstić information content (AvgIpc) is 2.44. The predicted octanol–water partition coefficient (Wildman–Crippen LogP) is 6.17. The van der Waals surface area contributed by atoms with E-state index in [0.29, 0.717) is 0 Å². The van der Waals surface area contributed by atoms with Gasteiger partial charge in [-0.15, -0.1) is 31.8 Å². The summed E-state index contributed by atoms with van der Waals surface area (Å²) in [7, 11) is 0. The summed E-state index contributed by atoms with van der Waals surface area (Å²) >= 11 is 8.17. The van der Waals surface area contributed by atoms with E-state index in [0.717, 1.165) is 9.79 Å². The van der Waals surface area contributed by atoms with Crippen molar-refractivity contribution in [2.75, 3.05) is 0 Å². The monoisotopic (exact) mass is 292 g/mol. The molecule has 0 aliphatic carbocycles. The molecule has 0 atom stereocenters. The van der Waals surface area contributed by atoms with Crippen LogP contribution in [0.3, 0.4) is 0 Å². The summed E-state index contributed by atoms with van der Waals surface area (Å²) in [5.41, 5.74) is 0. The molecule has 0 heterocycles. The van der Waals surface area contributed by atoms with Crippen molar-refractivity contribution in [3.8, 4) is 0 Å². The first-order valence-corrected chi connectivity index (χ1v) is 7.15. The van der Waals surface area contributed by atoms with Crippen LogP contribution in [-0.4, -0.2) is 0 Å². The molecule has 19 heavy (non-hydrogen) atoms. The van der Waals surface area contributed by atoms with Crippen molar-refractivity contribution in [3.63, 3.8) is 0 Å². The first-order chi connectivity index (χ1) is 9.20. The number of hydrogen-bond acceptors (Lipinski definition) is 2. The van der Waals surface area contributed by atoms with Crippen LogP contribution < -0.4 is 0 Å². The van der Waals surface area contributed by atoms with Crippen LogP contribution in [0.15, 0.2) is 83.1 Å². The van der Waals surface area contributed by atoms with Crippen molar-refractivity contribution in [1.82, 2.24) is 0 Å². The molecular weight excluding hydrogens is 268 g/mol. The minimum absolute atomic E-state index is 1.02. The van der Waals surface area contributed by atoms with Gasteiger partial charge in [-0.2, -0.15) is 0 Å². The second kappa shape index (κ2) is 16.9. The van der Waals surface area contributed by atoms with E-state index in [4.69, 9.17) is 0 Å². The molecule has 0 N–H and O–H groups in total. The minimum atomic E-state index is 1.02. The molecule has 0 saturated heterocycles. The van der Waals surface area contributed by atoms with Crippen molar-refractivity contribution in [2.24, 2.45) is 0 Å². The third-order valence-electron chi connectivity index (χ3n) is 1.51. The van der Waals surface area contributed by atoms with Gasteiger partial charge in [0.25, 0.3) is 0 Å². The van der Waals surface area contributed by atoms with E-state index in [1.807, 2.05) is 81.4 Å². The van der Waals surface area contributed by atoms with Crippen LogP contribution in [-0.2, 0) is 0 Å². The van der Waals surface area contributed by atoms with Crippen molar-refractivity contribution < 1.29 is 0 Å². The smallest absolute Gasteiger partial charge is 0.00399 e. The molecule has 0 spiro atoms. The highest BCUT2D eigenvalue weighted by Crippen LogP contribution is 2.01. The zero-order chi connectivity index (χ0) is 14.9. The Morgan fingerprint density at radius 2 is 0.947 bits per heavy atom. The second-order valence-corrected chi connectivity index (χ2v) is 4.11. The fourth-order valence-electron chi connectivity index (χ4n) is 0.856. The molecule has 0 nitrogen and oxygen atoms in total. The van der Waals surface area contributed by atoms with Crippen LogP contribution >= 0.6 is 25.3 Å². The van der Waals surface area contributed by atoms with Gasteiger partial charge < -0.3 is 0 Å². The molecule has 0 aliphatic heterocycles. The number of thiol groups is 2. The van der Waals surface area contributed by atoms with Gasteiger partial charge in [-0.25, -0.2) is 0 Å². The molecule has 104 valence electrons. The van der Waals surface area contributed by atoms with Gasteiger partial charge in [0.2, 0.25) is 0 Å². The highest BCUT2D eigenvalue weighted by atomic mass is 32.1. The molecule has 2 rings (SSSR count). The summed E-state index contributed by atoms with van der Waals surface area (Å²) in [6, 6.07) is 19.6. The first kappa shape index (κ1) is 20.2. The van der Waals surface area contributed by atoms with Gasteiger partial charge in [0.05, 0.1) is 0 Å².